The number of aromatic nitrogens is 3. The summed E-state index contributed by atoms with van der Waals surface area (Å²) in [5, 5.41) is 11.4. The lowest BCUT2D eigenvalue weighted by Gasteiger charge is -2.18. The molecule has 1 N–H and O–H groups in total. The van der Waals surface area contributed by atoms with Crippen LogP contribution in [0.2, 0.25) is 0 Å². The smallest absolute Gasteiger partial charge is 0.416 e. The summed E-state index contributed by atoms with van der Waals surface area (Å²) in [5.74, 6) is 1.44. The van der Waals surface area contributed by atoms with Crippen LogP contribution in [0, 0.1) is 0 Å². The molecule has 0 atom stereocenters. The fourth-order valence-corrected chi connectivity index (χ4v) is 3.98. The van der Waals surface area contributed by atoms with E-state index in [0.29, 0.717) is 42.2 Å². The Hall–Kier alpha value is -3.21. The highest BCUT2D eigenvalue weighted by Gasteiger charge is 2.30. The van der Waals surface area contributed by atoms with Crippen LogP contribution >= 0.6 is 11.8 Å². The third-order valence-corrected chi connectivity index (χ3v) is 5.61. The minimum Gasteiger partial charge on any atom is -0.486 e. The van der Waals surface area contributed by atoms with Crippen molar-refractivity contribution in [1.82, 2.24) is 14.8 Å². The zero-order valence-corrected chi connectivity index (χ0v) is 17.8. The van der Waals surface area contributed by atoms with Crippen LogP contribution in [0.1, 0.15) is 12.5 Å². The molecule has 168 valence electrons. The number of amides is 1. The highest BCUT2D eigenvalue weighted by Crippen LogP contribution is 2.35. The summed E-state index contributed by atoms with van der Waals surface area (Å²) in [6.07, 6.45) is -4.47. The number of benzene rings is 2. The number of anilines is 1. The minimum absolute atomic E-state index is 0.0322. The molecule has 0 aliphatic carbocycles. The summed E-state index contributed by atoms with van der Waals surface area (Å²) < 4.78 is 51.5. The van der Waals surface area contributed by atoms with Crippen LogP contribution in [0.3, 0.4) is 0 Å². The lowest BCUT2D eigenvalue weighted by molar-refractivity contribution is -0.137. The molecule has 2 heterocycles. The molecule has 1 aliphatic rings. The first-order valence-corrected chi connectivity index (χ1v) is 10.8. The summed E-state index contributed by atoms with van der Waals surface area (Å²) in [6.45, 7) is 3.46. The topological polar surface area (TPSA) is 78.3 Å². The third-order valence-electron chi connectivity index (χ3n) is 4.64. The molecule has 2 aromatic carbocycles. The van der Waals surface area contributed by atoms with E-state index in [2.05, 4.69) is 15.5 Å². The van der Waals surface area contributed by atoms with Gasteiger partial charge in [-0.15, -0.1) is 10.2 Å². The minimum atomic E-state index is -4.47. The van der Waals surface area contributed by atoms with Crippen molar-refractivity contribution >= 4 is 23.4 Å². The molecule has 7 nitrogen and oxygen atoms in total. The number of ether oxygens (including phenoxy) is 2. The van der Waals surface area contributed by atoms with E-state index in [-0.39, 0.29) is 11.4 Å². The molecule has 0 unspecified atom stereocenters. The Morgan fingerprint density at radius 1 is 1.12 bits per heavy atom. The van der Waals surface area contributed by atoms with Crippen LogP contribution in [0.25, 0.3) is 11.4 Å². The van der Waals surface area contributed by atoms with Gasteiger partial charge in [0.15, 0.2) is 22.5 Å². The summed E-state index contributed by atoms with van der Waals surface area (Å²) in [4.78, 5) is 12.3. The first kappa shape index (κ1) is 22.0. The van der Waals surface area contributed by atoms with Gasteiger partial charge in [0.25, 0.3) is 0 Å². The maximum absolute atomic E-state index is 12.8. The van der Waals surface area contributed by atoms with Crippen molar-refractivity contribution in [2.24, 2.45) is 0 Å². The molecule has 3 aromatic rings. The van der Waals surface area contributed by atoms with Crippen LogP contribution in [0.15, 0.2) is 47.6 Å². The second kappa shape index (κ2) is 9.11. The van der Waals surface area contributed by atoms with E-state index in [0.717, 1.165) is 29.5 Å². The van der Waals surface area contributed by atoms with Gasteiger partial charge in [0.1, 0.15) is 13.2 Å². The molecule has 0 bridgehead atoms. The Kier molecular flexibility index (Phi) is 6.26. The molecule has 1 amide bonds. The SMILES string of the molecule is CCn1c(SCC(=O)Nc2cccc(C(F)(F)F)c2)nnc1-c1ccc2c(c1)OCCO2. The van der Waals surface area contributed by atoms with Gasteiger partial charge in [-0.3, -0.25) is 4.79 Å². The normalized spacial score (nSPS) is 13.1. The van der Waals surface area contributed by atoms with Crippen LogP contribution in [0.5, 0.6) is 11.5 Å². The Morgan fingerprint density at radius 3 is 2.66 bits per heavy atom. The molecule has 0 radical (unpaired) electrons. The lowest BCUT2D eigenvalue weighted by atomic mass is 10.2. The van der Waals surface area contributed by atoms with Gasteiger partial charge in [-0.2, -0.15) is 13.2 Å². The first-order chi connectivity index (χ1) is 15.3. The molecule has 1 aromatic heterocycles. The van der Waals surface area contributed by atoms with Crippen molar-refractivity contribution in [3.05, 3.63) is 48.0 Å². The van der Waals surface area contributed by atoms with E-state index >= 15 is 0 Å². The predicted octanol–water partition coefficient (Wildman–Crippen LogP) is 4.49. The first-order valence-electron chi connectivity index (χ1n) is 9.78. The Morgan fingerprint density at radius 2 is 1.91 bits per heavy atom. The molecule has 11 heteroatoms. The van der Waals surface area contributed by atoms with Gasteiger partial charge in [-0.05, 0) is 43.3 Å². The second-order valence-corrected chi connectivity index (χ2v) is 7.77. The number of nitrogens with zero attached hydrogens (tertiary/aromatic N) is 3. The van der Waals surface area contributed by atoms with Crippen molar-refractivity contribution in [1.29, 1.82) is 0 Å². The van der Waals surface area contributed by atoms with Crippen LogP contribution in [0.4, 0.5) is 18.9 Å². The van der Waals surface area contributed by atoms with Crippen LogP contribution in [-0.2, 0) is 17.5 Å². The Balaban J connectivity index is 1.44. The summed E-state index contributed by atoms with van der Waals surface area (Å²) in [5.41, 5.74) is 0.0565. The molecule has 4 rings (SSSR count). The number of carbonyl (C=O) groups is 1. The maximum Gasteiger partial charge on any atom is 0.416 e. The second-order valence-electron chi connectivity index (χ2n) is 6.82. The van der Waals surface area contributed by atoms with E-state index < -0.39 is 17.6 Å². The molecule has 0 saturated heterocycles. The van der Waals surface area contributed by atoms with E-state index in [1.54, 1.807) is 0 Å². The van der Waals surface area contributed by atoms with E-state index in [1.807, 2.05) is 29.7 Å². The molecule has 1 aliphatic heterocycles. The quantitative estimate of drug-likeness (QED) is 0.542. The summed E-state index contributed by atoms with van der Waals surface area (Å²) >= 11 is 1.15. The van der Waals surface area contributed by atoms with Crippen molar-refractivity contribution < 1.29 is 27.4 Å². The lowest BCUT2D eigenvalue weighted by Crippen LogP contribution is -2.15. The largest absolute Gasteiger partial charge is 0.486 e. The molecular formula is C21H19F3N4O3S. The highest BCUT2D eigenvalue weighted by atomic mass is 32.2. The number of thioether (sulfide) groups is 1. The Bertz CT molecular complexity index is 1130. The number of hydrogen-bond acceptors (Lipinski definition) is 6. The van der Waals surface area contributed by atoms with Gasteiger partial charge >= 0.3 is 6.18 Å². The van der Waals surface area contributed by atoms with E-state index in [1.165, 1.54) is 12.1 Å². The van der Waals surface area contributed by atoms with Gasteiger partial charge in [-0.25, -0.2) is 0 Å². The number of hydrogen-bond donors (Lipinski definition) is 1. The van der Waals surface area contributed by atoms with Gasteiger partial charge in [0.2, 0.25) is 5.91 Å². The van der Waals surface area contributed by atoms with Gasteiger partial charge in [0, 0.05) is 17.8 Å². The summed E-state index contributed by atoms with van der Waals surface area (Å²) in [7, 11) is 0. The van der Waals surface area contributed by atoms with Crippen molar-refractivity contribution in [3.63, 3.8) is 0 Å². The number of fused-ring (bicyclic) bond motifs is 1. The highest BCUT2D eigenvalue weighted by molar-refractivity contribution is 7.99. The zero-order valence-electron chi connectivity index (χ0n) is 17.0. The molecular weight excluding hydrogens is 445 g/mol. The van der Waals surface area contributed by atoms with Crippen molar-refractivity contribution in [2.45, 2.75) is 24.8 Å². The van der Waals surface area contributed by atoms with Crippen molar-refractivity contribution in [3.8, 4) is 22.9 Å². The van der Waals surface area contributed by atoms with Crippen LogP contribution < -0.4 is 14.8 Å². The van der Waals surface area contributed by atoms with Gasteiger partial charge in [-0.1, -0.05) is 17.8 Å². The van der Waals surface area contributed by atoms with Crippen molar-refractivity contribution in [2.75, 3.05) is 24.3 Å². The molecule has 0 spiro atoms. The van der Waals surface area contributed by atoms with Gasteiger partial charge in [0.05, 0.1) is 11.3 Å². The number of rotatable bonds is 6. The average molecular weight is 464 g/mol. The maximum atomic E-state index is 12.8. The average Bonchev–Trinajstić information content (AvgIpc) is 3.20. The molecule has 0 fully saturated rings. The van der Waals surface area contributed by atoms with Gasteiger partial charge < -0.3 is 19.4 Å². The standard InChI is InChI=1S/C21H19F3N4O3S/c1-2-28-19(13-6-7-16-17(10-13)31-9-8-30-16)26-27-20(28)32-12-18(29)25-15-5-3-4-14(11-15)21(22,23)24/h3-7,10-11H,2,8-9,12H2,1H3,(H,25,29). The number of halogens is 3. The number of nitrogens with one attached hydrogen (secondary N) is 1. The fourth-order valence-electron chi connectivity index (χ4n) is 3.18. The zero-order chi connectivity index (χ0) is 22.7. The van der Waals surface area contributed by atoms with Crippen LogP contribution in [-0.4, -0.2) is 39.6 Å². The number of alkyl halides is 3. The van der Waals surface area contributed by atoms with E-state index in [4.69, 9.17) is 9.47 Å². The Labute approximate surface area is 185 Å². The summed E-state index contributed by atoms with van der Waals surface area (Å²) in [6, 6.07) is 10.0. The number of carbonyl (C=O) groups excluding carboxylic acids is 1. The fraction of sp³-hybridized carbons (Fsp3) is 0.286. The predicted molar refractivity (Wildman–Crippen MR) is 113 cm³/mol. The molecule has 0 saturated carbocycles. The van der Waals surface area contributed by atoms with E-state index in [9.17, 15) is 18.0 Å². The molecule has 32 heavy (non-hydrogen) atoms. The monoisotopic (exact) mass is 464 g/mol. The third kappa shape index (κ3) is 4.82.